The van der Waals surface area contributed by atoms with Gasteiger partial charge in [-0.25, -0.2) is 8.78 Å². The number of ketones is 1. The first-order valence-electron chi connectivity index (χ1n) is 6.73. The number of halogens is 2. The maximum absolute atomic E-state index is 13.1. The molecule has 0 heterocycles. The smallest absolute Gasteiger partial charge is 0.191 e. The Morgan fingerprint density at radius 3 is 2.57 bits per heavy atom. The third-order valence-electron chi connectivity index (χ3n) is 2.81. The van der Waals surface area contributed by atoms with Gasteiger partial charge in [0.1, 0.15) is 6.10 Å². The van der Waals surface area contributed by atoms with E-state index in [1.165, 1.54) is 6.07 Å². The molecule has 0 fully saturated rings. The summed E-state index contributed by atoms with van der Waals surface area (Å²) < 4.78 is 41.3. The zero-order valence-electron chi connectivity index (χ0n) is 12.2. The molecule has 0 aliphatic carbocycles. The van der Waals surface area contributed by atoms with Gasteiger partial charge in [-0.3, -0.25) is 4.79 Å². The SMILES string of the molecule is COCCOCCCOC(C)C(=O)c1ccc(F)c(F)c1. The van der Waals surface area contributed by atoms with Crippen LogP contribution in [0, 0.1) is 11.6 Å². The molecule has 0 spiro atoms. The predicted octanol–water partition coefficient (Wildman–Crippen LogP) is 2.61. The van der Waals surface area contributed by atoms with Crippen molar-refractivity contribution >= 4 is 5.78 Å². The number of benzene rings is 1. The second-order valence-corrected chi connectivity index (χ2v) is 4.46. The summed E-state index contributed by atoms with van der Waals surface area (Å²) >= 11 is 0. The summed E-state index contributed by atoms with van der Waals surface area (Å²) in [7, 11) is 1.60. The van der Waals surface area contributed by atoms with Gasteiger partial charge < -0.3 is 14.2 Å². The molecule has 0 aliphatic rings. The van der Waals surface area contributed by atoms with Crippen LogP contribution in [0.15, 0.2) is 18.2 Å². The Bertz CT molecular complexity index is 451. The lowest BCUT2D eigenvalue weighted by Crippen LogP contribution is -2.22. The van der Waals surface area contributed by atoms with Gasteiger partial charge >= 0.3 is 0 Å². The third kappa shape index (κ3) is 6.29. The Labute approximate surface area is 123 Å². The highest BCUT2D eigenvalue weighted by Gasteiger charge is 2.17. The summed E-state index contributed by atoms with van der Waals surface area (Å²) in [6, 6.07) is 3.05. The minimum absolute atomic E-state index is 0.0951. The van der Waals surface area contributed by atoms with Gasteiger partial charge in [0.15, 0.2) is 17.4 Å². The highest BCUT2D eigenvalue weighted by molar-refractivity contribution is 5.99. The maximum atomic E-state index is 13.1. The molecule has 21 heavy (non-hydrogen) atoms. The van der Waals surface area contributed by atoms with E-state index in [0.29, 0.717) is 32.8 Å². The van der Waals surface area contributed by atoms with Gasteiger partial charge in [-0.1, -0.05) is 0 Å². The van der Waals surface area contributed by atoms with E-state index < -0.39 is 17.7 Å². The van der Waals surface area contributed by atoms with E-state index in [0.717, 1.165) is 12.1 Å². The van der Waals surface area contributed by atoms with Crippen molar-refractivity contribution in [3.8, 4) is 0 Å². The number of hydrogen-bond donors (Lipinski definition) is 0. The van der Waals surface area contributed by atoms with Gasteiger partial charge in [0, 0.05) is 25.9 Å². The van der Waals surface area contributed by atoms with Crippen LogP contribution in [0.25, 0.3) is 0 Å². The number of hydrogen-bond acceptors (Lipinski definition) is 4. The zero-order chi connectivity index (χ0) is 15.7. The summed E-state index contributed by atoms with van der Waals surface area (Å²) in [5, 5.41) is 0. The average molecular weight is 302 g/mol. The molecule has 0 saturated heterocycles. The summed E-state index contributed by atoms with van der Waals surface area (Å²) in [6.45, 7) is 3.49. The molecule has 0 saturated carbocycles. The average Bonchev–Trinajstić information content (AvgIpc) is 2.48. The molecule has 0 aliphatic heterocycles. The lowest BCUT2D eigenvalue weighted by molar-refractivity contribution is 0.0285. The van der Waals surface area contributed by atoms with Crippen LogP contribution < -0.4 is 0 Å². The van der Waals surface area contributed by atoms with Crippen molar-refractivity contribution in [2.75, 3.05) is 33.5 Å². The zero-order valence-corrected chi connectivity index (χ0v) is 12.2. The van der Waals surface area contributed by atoms with E-state index in [9.17, 15) is 13.6 Å². The summed E-state index contributed by atoms with van der Waals surface area (Å²) in [5.74, 6) is -2.40. The molecule has 0 amide bonds. The Kier molecular flexibility index (Phi) is 8.04. The molecule has 6 heteroatoms. The number of rotatable bonds is 10. The van der Waals surface area contributed by atoms with Crippen LogP contribution in [-0.2, 0) is 14.2 Å². The van der Waals surface area contributed by atoms with Crippen LogP contribution in [0.3, 0.4) is 0 Å². The van der Waals surface area contributed by atoms with Crippen molar-refractivity contribution in [3.63, 3.8) is 0 Å². The van der Waals surface area contributed by atoms with E-state index >= 15 is 0 Å². The number of Topliss-reactive ketones (excluding diaryl/α,β-unsaturated/α-hetero) is 1. The second kappa shape index (κ2) is 9.55. The van der Waals surface area contributed by atoms with Gasteiger partial charge in [-0.05, 0) is 31.5 Å². The lowest BCUT2D eigenvalue weighted by atomic mass is 10.1. The quantitative estimate of drug-likeness (QED) is 0.492. The van der Waals surface area contributed by atoms with Crippen LogP contribution >= 0.6 is 0 Å². The van der Waals surface area contributed by atoms with Crippen LogP contribution in [0.5, 0.6) is 0 Å². The van der Waals surface area contributed by atoms with E-state index in [1.54, 1.807) is 14.0 Å². The van der Waals surface area contributed by atoms with Crippen LogP contribution in [0.2, 0.25) is 0 Å². The predicted molar refractivity (Wildman–Crippen MR) is 73.4 cm³/mol. The van der Waals surface area contributed by atoms with E-state index in [4.69, 9.17) is 14.2 Å². The highest BCUT2D eigenvalue weighted by atomic mass is 19.2. The summed E-state index contributed by atoms with van der Waals surface area (Å²) in [6.07, 6.45) is -0.0760. The Hall–Kier alpha value is -1.37. The molecule has 0 N–H and O–H groups in total. The maximum Gasteiger partial charge on any atom is 0.191 e. The van der Waals surface area contributed by atoms with Gasteiger partial charge in [-0.15, -0.1) is 0 Å². The largest absolute Gasteiger partial charge is 0.382 e. The molecule has 0 aromatic heterocycles. The minimum Gasteiger partial charge on any atom is -0.382 e. The van der Waals surface area contributed by atoms with Crippen LogP contribution in [0.4, 0.5) is 8.78 Å². The molecular weight excluding hydrogens is 282 g/mol. The monoisotopic (exact) mass is 302 g/mol. The van der Waals surface area contributed by atoms with Crippen molar-refractivity contribution in [2.24, 2.45) is 0 Å². The minimum atomic E-state index is -1.04. The number of carbonyl (C=O) groups is 1. The van der Waals surface area contributed by atoms with Crippen LogP contribution in [-0.4, -0.2) is 45.4 Å². The Morgan fingerprint density at radius 2 is 1.90 bits per heavy atom. The molecular formula is C15H20F2O4. The molecule has 1 rings (SSSR count). The van der Waals surface area contributed by atoms with Gasteiger partial charge in [-0.2, -0.15) is 0 Å². The first-order valence-corrected chi connectivity index (χ1v) is 6.73. The molecule has 118 valence electrons. The van der Waals surface area contributed by atoms with Crippen molar-refractivity contribution in [3.05, 3.63) is 35.4 Å². The van der Waals surface area contributed by atoms with E-state index in [1.807, 2.05) is 0 Å². The molecule has 1 unspecified atom stereocenters. The topological polar surface area (TPSA) is 44.8 Å². The third-order valence-corrected chi connectivity index (χ3v) is 2.81. The molecule has 4 nitrogen and oxygen atoms in total. The van der Waals surface area contributed by atoms with Gasteiger partial charge in [0.2, 0.25) is 0 Å². The van der Waals surface area contributed by atoms with Gasteiger partial charge in [0.25, 0.3) is 0 Å². The first kappa shape index (κ1) is 17.7. The first-order chi connectivity index (χ1) is 10.1. The number of methoxy groups -OCH3 is 1. The number of carbonyl (C=O) groups excluding carboxylic acids is 1. The molecule has 1 aromatic carbocycles. The molecule has 1 aromatic rings. The summed E-state index contributed by atoms with van der Waals surface area (Å²) in [4.78, 5) is 12.0. The molecule has 0 radical (unpaired) electrons. The van der Waals surface area contributed by atoms with Crippen molar-refractivity contribution in [2.45, 2.75) is 19.4 Å². The fourth-order valence-corrected chi connectivity index (χ4v) is 1.63. The molecule has 1 atom stereocenters. The standard InChI is InChI=1S/C15H20F2O4/c1-11(21-7-3-6-20-9-8-19-2)15(18)12-4-5-13(16)14(17)10-12/h4-5,10-11H,3,6-9H2,1-2H3. The van der Waals surface area contributed by atoms with Gasteiger partial charge in [0.05, 0.1) is 13.2 Å². The normalized spacial score (nSPS) is 12.4. The number of ether oxygens (including phenoxy) is 3. The Balaban J connectivity index is 2.29. The van der Waals surface area contributed by atoms with E-state index in [-0.39, 0.29) is 11.3 Å². The Morgan fingerprint density at radius 1 is 1.14 bits per heavy atom. The van der Waals surface area contributed by atoms with Crippen molar-refractivity contribution in [1.29, 1.82) is 0 Å². The van der Waals surface area contributed by atoms with Crippen molar-refractivity contribution in [1.82, 2.24) is 0 Å². The second-order valence-electron chi connectivity index (χ2n) is 4.46. The lowest BCUT2D eigenvalue weighted by Gasteiger charge is -2.12. The highest BCUT2D eigenvalue weighted by Crippen LogP contribution is 2.12. The van der Waals surface area contributed by atoms with E-state index in [2.05, 4.69) is 0 Å². The van der Waals surface area contributed by atoms with Crippen molar-refractivity contribution < 1.29 is 27.8 Å². The summed E-state index contributed by atoms with van der Waals surface area (Å²) in [5.41, 5.74) is 0.0951. The van der Waals surface area contributed by atoms with Crippen LogP contribution in [0.1, 0.15) is 23.7 Å². The fourth-order valence-electron chi connectivity index (χ4n) is 1.63. The fraction of sp³-hybridized carbons (Fsp3) is 0.533. The molecule has 0 bridgehead atoms.